The Hall–Kier alpha value is -2.36. The number of nitrogens with one attached hydrogen (secondary N) is 1. The first-order valence-electron chi connectivity index (χ1n) is 7.06. The van der Waals surface area contributed by atoms with Crippen molar-refractivity contribution in [1.82, 2.24) is 4.98 Å². The molecule has 3 N–H and O–H groups in total. The summed E-state index contributed by atoms with van der Waals surface area (Å²) in [5, 5.41) is 2.98. The standard InChI is InChI=1S/C17H21N3O/c1-5-14-8-13(9-15(18)19-14)17(21)20-16-11(3)6-10(2)7-12(16)4/h6-9H,5H2,1-4H3,(H2,18,19)(H,20,21). The minimum atomic E-state index is -0.158. The minimum Gasteiger partial charge on any atom is -0.384 e. The molecule has 0 atom stereocenters. The number of nitrogen functional groups attached to an aromatic ring is 1. The van der Waals surface area contributed by atoms with Crippen molar-refractivity contribution in [3.8, 4) is 0 Å². The summed E-state index contributed by atoms with van der Waals surface area (Å²) >= 11 is 0. The van der Waals surface area contributed by atoms with Crippen molar-refractivity contribution in [3.05, 3.63) is 52.2 Å². The fourth-order valence-corrected chi connectivity index (χ4v) is 2.49. The number of nitrogens with two attached hydrogens (primary N) is 1. The molecule has 110 valence electrons. The van der Waals surface area contributed by atoms with Crippen LogP contribution in [0.1, 0.15) is 39.7 Å². The number of nitrogens with zero attached hydrogens (tertiary/aromatic N) is 1. The van der Waals surface area contributed by atoms with E-state index in [-0.39, 0.29) is 5.91 Å². The molecule has 1 aromatic heterocycles. The molecule has 0 fully saturated rings. The van der Waals surface area contributed by atoms with E-state index in [0.717, 1.165) is 28.9 Å². The Labute approximate surface area is 125 Å². The van der Waals surface area contributed by atoms with Crippen LogP contribution in [0.2, 0.25) is 0 Å². The van der Waals surface area contributed by atoms with Crippen LogP contribution in [-0.2, 0) is 6.42 Å². The van der Waals surface area contributed by atoms with Gasteiger partial charge in [-0.1, -0.05) is 24.6 Å². The van der Waals surface area contributed by atoms with Crippen molar-refractivity contribution >= 4 is 17.4 Å². The second kappa shape index (κ2) is 5.95. The Morgan fingerprint density at radius 1 is 1.14 bits per heavy atom. The third-order valence-corrected chi connectivity index (χ3v) is 3.44. The molecule has 1 amide bonds. The zero-order chi connectivity index (χ0) is 15.6. The van der Waals surface area contributed by atoms with E-state index in [0.29, 0.717) is 11.4 Å². The number of amides is 1. The molecule has 0 aliphatic rings. The van der Waals surface area contributed by atoms with E-state index in [2.05, 4.69) is 22.4 Å². The minimum absolute atomic E-state index is 0.158. The number of carbonyl (C=O) groups is 1. The van der Waals surface area contributed by atoms with Crippen LogP contribution in [0.3, 0.4) is 0 Å². The van der Waals surface area contributed by atoms with Crippen LogP contribution < -0.4 is 11.1 Å². The number of benzene rings is 1. The zero-order valence-electron chi connectivity index (χ0n) is 12.9. The van der Waals surface area contributed by atoms with Crippen molar-refractivity contribution < 1.29 is 4.79 Å². The lowest BCUT2D eigenvalue weighted by Gasteiger charge is -2.13. The van der Waals surface area contributed by atoms with Gasteiger partial charge in [-0.05, 0) is 50.5 Å². The molecular weight excluding hydrogens is 262 g/mol. The van der Waals surface area contributed by atoms with Gasteiger partial charge in [0.1, 0.15) is 5.82 Å². The van der Waals surface area contributed by atoms with Crippen molar-refractivity contribution in [2.75, 3.05) is 11.1 Å². The molecule has 0 aliphatic carbocycles. The normalized spacial score (nSPS) is 10.5. The maximum atomic E-state index is 12.4. The lowest BCUT2D eigenvalue weighted by molar-refractivity contribution is 0.102. The topological polar surface area (TPSA) is 68.0 Å². The van der Waals surface area contributed by atoms with Crippen LogP contribution >= 0.6 is 0 Å². The average Bonchev–Trinajstić information content (AvgIpc) is 2.41. The van der Waals surface area contributed by atoms with E-state index in [1.807, 2.05) is 27.7 Å². The van der Waals surface area contributed by atoms with E-state index in [4.69, 9.17) is 5.73 Å². The molecule has 4 heteroatoms. The summed E-state index contributed by atoms with van der Waals surface area (Å²) in [6, 6.07) is 7.50. The van der Waals surface area contributed by atoms with E-state index in [9.17, 15) is 4.79 Å². The molecule has 0 saturated heterocycles. The molecule has 2 aromatic rings. The molecule has 0 saturated carbocycles. The second-order valence-corrected chi connectivity index (χ2v) is 5.35. The van der Waals surface area contributed by atoms with Crippen LogP contribution in [0.4, 0.5) is 11.5 Å². The Balaban J connectivity index is 2.32. The number of hydrogen-bond acceptors (Lipinski definition) is 3. The van der Waals surface area contributed by atoms with Gasteiger partial charge in [0.05, 0.1) is 0 Å². The average molecular weight is 283 g/mol. The molecule has 0 unspecified atom stereocenters. The first kappa shape index (κ1) is 15.0. The molecule has 4 nitrogen and oxygen atoms in total. The summed E-state index contributed by atoms with van der Waals surface area (Å²) in [6.45, 7) is 8.02. The Morgan fingerprint density at radius 3 is 2.33 bits per heavy atom. The van der Waals surface area contributed by atoms with Gasteiger partial charge in [-0.15, -0.1) is 0 Å². The van der Waals surface area contributed by atoms with Gasteiger partial charge in [0.25, 0.3) is 5.91 Å². The number of aryl methyl sites for hydroxylation is 4. The molecule has 1 heterocycles. The highest BCUT2D eigenvalue weighted by molar-refractivity contribution is 6.05. The van der Waals surface area contributed by atoms with Crippen LogP contribution in [0.5, 0.6) is 0 Å². The number of hydrogen-bond donors (Lipinski definition) is 2. The molecule has 0 aliphatic heterocycles. The van der Waals surface area contributed by atoms with Crippen LogP contribution in [-0.4, -0.2) is 10.9 Å². The lowest BCUT2D eigenvalue weighted by Crippen LogP contribution is -2.15. The van der Waals surface area contributed by atoms with Gasteiger partial charge in [0.15, 0.2) is 0 Å². The molecule has 0 bridgehead atoms. The Morgan fingerprint density at radius 2 is 1.76 bits per heavy atom. The second-order valence-electron chi connectivity index (χ2n) is 5.35. The van der Waals surface area contributed by atoms with Gasteiger partial charge in [-0.3, -0.25) is 4.79 Å². The molecule has 0 radical (unpaired) electrons. The monoisotopic (exact) mass is 283 g/mol. The molecular formula is C17H21N3O. The van der Waals surface area contributed by atoms with E-state index >= 15 is 0 Å². The molecule has 1 aromatic carbocycles. The smallest absolute Gasteiger partial charge is 0.255 e. The maximum Gasteiger partial charge on any atom is 0.255 e. The number of carbonyl (C=O) groups excluding carboxylic acids is 1. The highest BCUT2D eigenvalue weighted by Crippen LogP contribution is 2.23. The van der Waals surface area contributed by atoms with Crippen molar-refractivity contribution in [1.29, 1.82) is 0 Å². The quantitative estimate of drug-likeness (QED) is 0.907. The fraction of sp³-hybridized carbons (Fsp3) is 0.294. The molecule has 0 spiro atoms. The van der Waals surface area contributed by atoms with Gasteiger partial charge in [0, 0.05) is 16.9 Å². The summed E-state index contributed by atoms with van der Waals surface area (Å²) < 4.78 is 0. The SMILES string of the molecule is CCc1cc(C(=O)Nc2c(C)cc(C)cc2C)cc(N)n1. The highest BCUT2D eigenvalue weighted by atomic mass is 16.1. The number of pyridine rings is 1. The van der Waals surface area contributed by atoms with Gasteiger partial charge in [-0.2, -0.15) is 0 Å². The third kappa shape index (κ3) is 3.40. The Kier molecular flexibility index (Phi) is 4.26. The Bertz CT molecular complexity index is 669. The molecule has 21 heavy (non-hydrogen) atoms. The third-order valence-electron chi connectivity index (χ3n) is 3.44. The first-order chi connectivity index (χ1) is 9.90. The van der Waals surface area contributed by atoms with Gasteiger partial charge >= 0.3 is 0 Å². The van der Waals surface area contributed by atoms with Crippen LogP contribution in [0, 0.1) is 20.8 Å². The van der Waals surface area contributed by atoms with E-state index < -0.39 is 0 Å². The lowest BCUT2D eigenvalue weighted by atomic mass is 10.0. The first-order valence-corrected chi connectivity index (χ1v) is 7.06. The summed E-state index contributed by atoms with van der Waals surface area (Å²) in [5.41, 5.74) is 11.3. The van der Waals surface area contributed by atoms with Crippen LogP contribution in [0.15, 0.2) is 24.3 Å². The van der Waals surface area contributed by atoms with Crippen molar-refractivity contribution in [2.45, 2.75) is 34.1 Å². The summed E-state index contributed by atoms with van der Waals surface area (Å²) in [6.07, 6.45) is 0.744. The van der Waals surface area contributed by atoms with Gasteiger partial charge in [-0.25, -0.2) is 4.98 Å². The predicted molar refractivity (Wildman–Crippen MR) is 86.6 cm³/mol. The number of aromatic nitrogens is 1. The molecule has 2 rings (SSSR count). The summed E-state index contributed by atoms with van der Waals surface area (Å²) in [4.78, 5) is 16.6. The van der Waals surface area contributed by atoms with Crippen LogP contribution in [0.25, 0.3) is 0 Å². The fourth-order valence-electron chi connectivity index (χ4n) is 2.49. The predicted octanol–water partition coefficient (Wildman–Crippen LogP) is 3.40. The van der Waals surface area contributed by atoms with Gasteiger partial charge < -0.3 is 11.1 Å². The maximum absolute atomic E-state index is 12.4. The van der Waals surface area contributed by atoms with Crippen molar-refractivity contribution in [2.24, 2.45) is 0 Å². The summed E-state index contributed by atoms with van der Waals surface area (Å²) in [5.74, 6) is 0.214. The van der Waals surface area contributed by atoms with E-state index in [1.54, 1.807) is 12.1 Å². The highest BCUT2D eigenvalue weighted by Gasteiger charge is 2.12. The number of rotatable bonds is 3. The van der Waals surface area contributed by atoms with Gasteiger partial charge in [0.2, 0.25) is 0 Å². The number of anilines is 2. The largest absolute Gasteiger partial charge is 0.384 e. The van der Waals surface area contributed by atoms with E-state index in [1.165, 1.54) is 5.56 Å². The van der Waals surface area contributed by atoms with Crippen molar-refractivity contribution in [3.63, 3.8) is 0 Å². The zero-order valence-corrected chi connectivity index (χ0v) is 12.9. The summed E-state index contributed by atoms with van der Waals surface area (Å²) in [7, 11) is 0.